The molecule has 0 saturated carbocycles. The zero-order valence-corrected chi connectivity index (χ0v) is 17.2. The number of halogens is 1. The van der Waals surface area contributed by atoms with Crippen molar-refractivity contribution in [2.75, 3.05) is 33.3 Å². The molecule has 0 bridgehead atoms. The predicted octanol–water partition coefficient (Wildman–Crippen LogP) is 2.19. The maximum atomic E-state index is 12.6. The normalized spacial score (nSPS) is 18.1. The lowest BCUT2D eigenvalue weighted by atomic mass is 10.00. The van der Waals surface area contributed by atoms with E-state index < -0.39 is 0 Å². The Bertz CT molecular complexity index is 814. The van der Waals surface area contributed by atoms with Gasteiger partial charge in [0, 0.05) is 18.1 Å². The summed E-state index contributed by atoms with van der Waals surface area (Å²) in [6.07, 6.45) is 0.0598. The van der Waals surface area contributed by atoms with Crippen molar-refractivity contribution in [2.45, 2.75) is 18.6 Å². The summed E-state index contributed by atoms with van der Waals surface area (Å²) in [6.45, 7) is 2.08. The van der Waals surface area contributed by atoms with Crippen molar-refractivity contribution in [2.24, 2.45) is 0 Å². The number of benzene rings is 2. The third-order valence-corrected chi connectivity index (χ3v) is 5.12. The number of ether oxygens (including phenoxy) is 1. The maximum absolute atomic E-state index is 12.6. The van der Waals surface area contributed by atoms with Crippen LogP contribution in [0.1, 0.15) is 17.2 Å². The first-order valence-electron chi connectivity index (χ1n) is 9.67. The molecule has 1 aliphatic rings. The fraction of sp³-hybridized carbons (Fsp3) is 0.364. The monoisotopic (exact) mass is 415 g/mol. The molecule has 2 atom stereocenters. The minimum Gasteiger partial charge on any atom is -0.373 e. The van der Waals surface area contributed by atoms with E-state index in [4.69, 9.17) is 16.3 Å². The highest BCUT2D eigenvalue weighted by molar-refractivity contribution is 6.30. The molecule has 2 aromatic rings. The zero-order valence-electron chi connectivity index (χ0n) is 16.4. The van der Waals surface area contributed by atoms with Gasteiger partial charge in [0.2, 0.25) is 11.8 Å². The van der Waals surface area contributed by atoms with Gasteiger partial charge in [0.25, 0.3) is 0 Å². The molecular formula is C22H26ClN3O3. The van der Waals surface area contributed by atoms with Crippen LogP contribution in [0, 0.1) is 0 Å². The maximum Gasteiger partial charge on any atom is 0.239 e. The number of amides is 2. The minimum atomic E-state index is -0.325. The molecule has 0 spiro atoms. The quantitative estimate of drug-likeness (QED) is 0.727. The van der Waals surface area contributed by atoms with E-state index in [1.807, 2.05) is 49.5 Å². The molecule has 2 aromatic carbocycles. The Hall–Kier alpha value is -2.41. The molecule has 29 heavy (non-hydrogen) atoms. The second-order valence-corrected chi connectivity index (χ2v) is 7.64. The lowest BCUT2D eigenvalue weighted by molar-refractivity contribution is -0.127. The summed E-state index contributed by atoms with van der Waals surface area (Å²) in [5.41, 5.74) is 1.82. The Kier molecular flexibility index (Phi) is 7.63. The summed E-state index contributed by atoms with van der Waals surface area (Å²) in [7, 11) is 2.03. The van der Waals surface area contributed by atoms with Gasteiger partial charge in [-0.05, 0) is 30.3 Å². The van der Waals surface area contributed by atoms with Gasteiger partial charge in [-0.25, -0.2) is 0 Å². The standard InChI is InChI=1S/C22H26ClN3O3/c1-26-11-12-29-19(15-26)22(17-7-9-18(23)10-8-17)25-21(28)14-24-20(27)13-16-5-3-2-4-6-16/h2-10,19,22H,11-15H2,1H3,(H,24,27)(H,25,28)/t19-,22-/m1/s1. The van der Waals surface area contributed by atoms with Crippen LogP contribution < -0.4 is 10.6 Å². The van der Waals surface area contributed by atoms with Crippen LogP contribution in [0.4, 0.5) is 0 Å². The van der Waals surface area contributed by atoms with Crippen molar-refractivity contribution in [1.29, 1.82) is 0 Å². The number of morpholine rings is 1. The topological polar surface area (TPSA) is 70.7 Å². The fourth-order valence-electron chi connectivity index (χ4n) is 3.32. The molecular weight excluding hydrogens is 390 g/mol. The third kappa shape index (κ3) is 6.56. The van der Waals surface area contributed by atoms with E-state index in [0.29, 0.717) is 18.2 Å². The molecule has 154 valence electrons. The summed E-state index contributed by atoms with van der Waals surface area (Å²) in [5, 5.41) is 6.33. The van der Waals surface area contributed by atoms with Crippen LogP contribution >= 0.6 is 11.6 Å². The van der Waals surface area contributed by atoms with Crippen LogP contribution in [-0.2, 0) is 20.7 Å². The summed E-state index contributed by atoms with van der Waals surface area (Å²) < 4.78 is 5.92. The zero-order chi connectivity index (χ0) is 20.6. The molecule has 1 heterocycles. The van der Waals surface area contributed by atoms with Gasteiger partial charge in [0.1, 0.15) is 0 Å². The molecule has 7 heteroatoms. The average molecular weight is 416 g/mol. The Labute approximate surface area is 176 Å². The highest BCUT2D eigenvalue weighted by Crippen LogP contribution is 2.23. The number of carbonyl (C=O) groups excluding carboxylic acids is 2. The van der Waals surface area contributed by atoms with E-state index in [1.54, 1.807) is 12.1 Å². The van der Waals surface area contributed by atoms with E-state index in [1.165, 1.54) is 0 Å². The van der Waals surface area contributed by atoms with Gasteiger partial charge in [-0.15, -0.1) is 0 Å². The minimum absolute atomic E-state index is 0.0850. The number of hydrogen-bond donors (Lipinski definition) is 2. The summed E-state index contributed by atoms with van der Waals surface area (Å²) in [4.78, 5) is 26.8. The summed E-state index contributed by atoms with van der Waals surface area (Å²) >= 11 is 6.01. The Morgan fingerprint density at radius 2 is 1.86 bits per heavy atom. The second kappa shape index (κ2) is 10.4. The van der Waals surface area contributed by atoms with E-state index in [0.717, 1.165) is 17.7 Å². The number of nitrogens with one attached hydrogen (secondary N) is 2. The molecule has 2 amide bonds. The SMILES string of the molecule is CN1CCO[C@@H]([C@H](NC(=O)CNC(=O)Cc2ccccc2)c2ccc(Cl)cc2)C1. The van der Waals surface area contributed by atoms with Crippen LogP contribution in [0.15, 0.2) is 54.6 Å². The molecule has 1 aliphatic heterocycles. The van der Waals surface area contributed by atoms with E-state index in [9.17, 15) is 9.59 Å². The molecule has 1 saturated heterocycles. The summed E-state index contributed by atoms with van der Waals surface area (Å²) in [6, 6.07) is 16.5. The highest BCUT2D eigenvalue weighted by Gasteiger charge is 2.29. The van der Waals surface area contributed by atoms with Crippen molar-refractivity contribution in [1.82, 2.24) is 15.5 Å². The van der Waals surface area contributed by atoms with Gasteiger partial charge in [-0.3, -0.25) is 9.59 Å². The van der Waals surface area contributed by atoms with Crippen molar-refractivity contribution < 1.29 is 14.3 Å². The molecule has 3 rings (SSSR count). The lowest BCUT2D eigenvalue weighted by Gasteiger charge is -2.35. The van der Waals surface area contributed by atoms with Gasteiger partial charge < -0.3 is 20.3 Å². The molecule has 6 nitrogen and oxygen atoms in total. The Morgan fingerprint density at radius 3 is 2.55 bits per heavy atom. The van der Waals surface area contributed by atoms with Crippen LogP contribution in [0.3, 0.4) is 0 Å². The largest absolute Gasteiger partial charge is 0.373 e. The first-order chi connectivity index (χ1) is 14.0. The van der Waals surface area contributed by atoms with Crippen molar-refractivity contribution in [3.8, 4) is 0 Å². The van der Waals surface area contributed by atoms with E-state index in [-0.39, 0.29) is 36.9 Å². The van der Waals surface area contributed by atoms with Crippen molar-refractivity contribution in [3.63, 3.8) is 0 Å². The number of nitrogens with zero attached hydrogens (tertiary/aromatic N) is 1. The number of carbonyl (C=O) groups is 2. The molecule has 0 aromatic heterocycles. The molecule has 2 N–H and O–H groups in total. The molecule has 0 unspecified atom stereocenters. The van der Waals surface area contributed by atoms with Crippen LogP contribution in [0.5, 0.6) is 0 Å². The van der Waals surface area contributed by atoms with E-state index >= 15 is 0 Å². The first-order valence-corrected chi connectivity index (χ1v) is 10.0. The van der Waals surface area contributed by atoms with Gasteiger partial charge in [0.05, 0.1) is 31.7 Å². The van der Waals surface area contributed by atoms with Crippen LogP contribution in [0.2, 0.25) is 5.02 Å². The van der Waals surface area contributed by atoms with Gasteiger partial charge in [-0.2, -0.15) is 0 Å². The molecule has 1 fully saturated rings. The Balaban J connectivity index is 1.60. The molecule has 0 aliphatic carbocycles. The van der Waals surface area contributed by atoms with Crippen molar-refractivity contribution >= 4 is 23.4 Å². The van der Waals surface area contributed by atoms with Gasteiger partial charge in [-0.1, -0.05) is 54.1 Å². The lowest BCUT2D eigenvalue weighted by Crippen LogP contribution is -2.49. The van der Waals surface area contributed by atoms with Crippen molar-refractivity contribution in [3.05, 3.63) is 70.7 Å². The smallest absolute Gasteiger partial charge is 0.239 e. The number of hydrogen-bond acceptors (Lipinski definition) is 4. The van der Waals surface area contributed by atoms with Gasteiger partial charge >= 0.3 is 0 Å². The number of likely N-dealkylation sites (N-methyl/N-ethyl adjacent to an activating group) is 1. The van der Waals surface area contributed by atoms with Crippen LogP contribution in [-0.4, -0.2) is 56.1 Å². The summed E-state index contributed by atoms with van der Waals surface area (Å²) in [5.74, 6) is -0.453. The first kappa shape index (κ1) is 21.3. The van der Waals surface area contributed by atoms with E-state index in [2.05, 4.69) is 15.5 Å². The Morgan fingerprint density at radius 1 is 1.14 bits per heavy atom. The predicted molar refractivity (Wildman–Crippen MR) is 113 cm³/mol. The average Bonchev–Trinajstić information content (AvgIpc) is 2.72. The third-order valence-electron chi connectivity index (χ3n) is 4.87. The number of rotatable bonds is 7. The second-order valence-electron chi connectivity index (χ2n) is 7.21. The fourth-order valence-corrected chi connectivity index (χ4v) is 3.45. The van der Waals surface area contributed by atoms with Gasteiger partial charge in [0.15, 0.2) is 0 Å². The van der Waals surface area contributed by atoms with Crippen LogP contribution in [0.25, 0.3) is 0 Å². The molecule has 0 radical (unpaired) electrons. The highest BCUT2D eigenvalue weighted by atomic mass is 35.5.